The molecule has 0 aliphatic carbocycles. The van der Waals surface area contributed by atoms with E-state index in [4.69, 9.17) is 5.73 Å². The number of nitro groups is 1. The maximum atomic E-state index is 10.5. The lowest BCUT2D eigenvalue weighted by molar-refractivity contribution is -0.388. The molecule has 0 aliphatic rings. The van der Waals surface area contributed by atoms with Gasteiger partial charge in [-0.2, -0.15) is 0 Å². The molecule has 0 spiro atoms. The summed E-state index contributed by atoms with van der Waals surface area (Å²) in [4.78, 5) is 13.6. The van der Waals surface area contributed by atoms with Gasteiger partial charge in [0, 0.05) is 13.1 Å². The molecule has 70 valence electrons. The second kappa shape index (κ2) is 4.36. The van der Waals surface area contributed by atoms with Crippen molar-refractivity contribution in [1.29, 1.82) is 0 Å². The van der Waals surface area contributed by atoms with Gasteiger partial charge in [-0.3, -0.25) is 0 Å². The van der Waals surface area contributed by atoms with E-state index in [1.807, 2.05) is 0 Å². The molecule has 0 fully saturated rings. The lowest BCUT2D eigenvalue weighted by Crippen LogP contribution is -2.14. The fourth-order valence-corrected chi connectivity index (χ4v) is 0.887. The Labute approximate surface area is 74.9 Å². The van der Waals surface area contributed by atoms with Crippen LogP contribution >= 0.6 is 0 Å². The Morgan fingerprint density at radius 3 is 3.08 bits per heavy atom. The number of nitrogens with zero attached hydrogens (tertiary/aromatic N) is 2. The Morgan fingerprint density at radius 2 is 2.46 bits per heavy atom. The summed E-state index contributed by atoms with van der Waals surface area (Å²) < 4.78 is 0. The molecular formula is C7H10N4O2. The number of hydrogen-bond acceptors (Lipinski definition) is 5. The molecule has 0 aromatic carbocycles. The molecule has 0 aliphatic heterocycles. The molecule has 13 heavy (non-hydrogen) atoms. The van der Waals surface area contributed by atoms with Crippen molar-refractivity contribution < 1.29 is 4.92 Å². The molecule has 1 aromatic heterocycles. The van der Waals surface area contributed by atoms with Crippen molar-refractivity contribution >= 4 is 11.5 Å². The van der Waals surface area contributed by atoms with E-state index >= 15 is 0 Å². The van der Waals surface area contributed by atoms with Gasteiger partial charge in [0.05, 0.1) is 0 Å². The predicted octanol–water partition coefficient (Wildman–Crippen LogP) is 0.360. The highest BCUT2D eigenvalue weighted by Gasteiger charge is 2.12. The van der Waals surface area contributed by atoms with Crippen LogP contribution in [0.15, 0.2) is 18.3 Å². The Morgan fingerprint density at radius 1 is 1.69 bits per heavy atom. The van der Waals surface area contributed by atoms with E-state index in [9.17, 15) is 10.1 Å². The summed E-state index contributed by atoms with van der Waals surface area (Å²) in [6, 6.07) is 3.23. The summed E-state index contributed by atoms with van der Waals surface area (Å²) >= 11 is 0. The third-order valence-electron chi connectivity index (χ3n) is 1.42. The lowest BCUT2D eigenvalue weighted by Gasteiger charge is -2.03. The highest BCUT2D eigenvalue weighted by Crippen LogP contribution is 2.19. The number of hydrogen-bond donors (Lipinski definition) is 2. The number of pyridine rings is 1. The number of rotatable bonds is 4. The van der Waals surface area contributed by atoms with Gasteiger partial charge in [-0.25, -0.2) is 0 Å². The van der Waals surface area contributed by atoms with Crippen LogP contribution < -0.4 is 11.1 Å². The summed E-state index contributed by atoms with van der Waals surface area (Å²) in [5, 5.41) is 13.3. The average molecular weight is 182 g/mol. The quantitative estimate of drug-likeness (QED) is 0.518. The Hall–Kier alpha value is -1.69. The molecule has 0 amide bonds. The maximum Gasteiger partial charge on any atom is 0.386 e. The van der Waals surface area contributed by atoms with Crippen molar-refractivity contribution in [3.63, 3.8) is 0 Å². The Bertz CT molecular complexity index is 302. The molecule has 0 saturated carbocycles. The second-order valence-electron chi connectivity index (χ2n) is 2.35. The molecule has 1 aromatic rings. The van der Waals surface area contributed by atoms with Crippen LogP contribution in [0.25, 0.3) is 0 Å². The second-order valence-corrected chi connectivity index (χ2v) is 2.35. The molecular weight excluding hydrogens is 172 g/mol. The van der Waals surface area contributed by atoms with E-state index in [1.54, 1.807) is 12.1 Å². The smallest absolute Gasteiger partial charge is 0.377 e. The van der Waals surface area contributed by atoms with Crippen LogP contribution in [0.1, 0.15) is 0 Å². The third kappa shape index (κ3) is 2.38. The zero-order valence-electron chi connectivity index (χ0n) is 6.93. The van der Waals surface area contributed by atoms with Crippen LogP contribution in [0.3, 0.4) is 0 Å². The maximum absolute atomic E-state index is 10.5. The molecule has 6 heteroatoms. The molecule has 1 heterocycles. The van der Waals surface area contributed by atoms with Gasteiger partial charge >= 0.3 is 5.82 Å². The SMILES string of the molecule is NCCNc1cccnc1[N+](=O)[O-]. The van der Waals surface area contributed by atoms with Crippen molar-refractivity contribution in [3.05, 3.63) is 28.4 Å². The number of aromatic nitrogens is 1. The summed E-state index contributed by atoms with van der Waals surface area (Å²) in [6.45, 7) is 0.915. The van der Waals surface area contributed by atoms with E-state index < -0.39 is 4.92 Å². The van der Waals surface area contributed by atoms with Crippen LogP contribution in [0.4, 0.5) is 11.5 Å². The van der Waals surface area contributed by atoms with Crippen LogP contribution in [-0.4, -0.2) is 23.0 Å². The summed E-state index contributed by atoms with van der Waals surface area (Å²) in [7, 11) is 0. The monoisotopic (exact) mass is 182 g/mol. The van der Waals surface area contributed by atoms with Crippen molar-refractivity contribution in [2.24, 2.45) is 5.73 Å². The zero-order valence-corrected chi connectivity index (χ0v) is 6.93. The van der Waals surface area contributed by atoms with E-state index in [1.165, 1.54) is 6.20 Å². The van der Waals surface area contributed by atoms with E-state index in [0.29, 0.717) is 18.8 Å². The van der Waals surface area contributed by atoms with Gasteiger partial charge < -0.3 is 21.2 Å². The first kappa shape index (κ1) is 9.40. The third-order valence-corrected chi connectivity index (χ3v) is 1.42. The molecule has 6 nitrogen and oxygen atoms in total. The normalized spacial score (nSPS) is 9.62. The highest BCUT2D eigenvalue weighted by atomic mass is 16.6. The molecule has 0 bridgehead atoms. The summed E-state index contributed by atoms with van der Waals surface area (Å²) in [5.74, 6) is -0.170. The van der Waals surface area contributed by atoms with E-state index in [2.05, 4.69) is 10.3 Å². The van der Waals surface area contributed by atoms with Crippen LogP contribution in [0, 0.1) is 10.1 Å². The van der Waals surface area contributed by atoms with Crippen LogP contribution in [0.5, 0.6) is 0 Å². The first-order valence-corrected chi connectivity index (χ1v) is 3.79. The lowest BCUT2D eigenvalue weighted by atomic mass is 10.4. The van der Waals surface area contributed by atoms with Crippen molar-refractivity contribution in [3.8, 4) is 0 Å². The first-order chi connectivity index (χ1) is 6.25. The minimum Gasteiger partial charge on any atom is -0.377 e. The van der Waals surface area contributed by atoms with E-state index in [0.717, 1.165) is 0 Å². The minimum atomic E-state index is -0.529. The fraction of sp³-hybridized carbons (Fsp3) is 0.286. The number of nitrogens with one attached hydrogen (secondary N) is 1. The minimum absolute atomic E-state index is 0.170. The Balaban J connectivity index is 2.84. The van der Waals surface area contributed by atoms with Gasteiger partial charge in [-0.15, -0.1) is 0 Å². The molecule has 0 unspecified atom stereocenters. The van der Waals surface area contributed by atoms with Crippen LogP contribution in [-0.2, 0) is 0 Å². The predicted molar refractivity (Wildman–Crippen MR) is 48.4 cm³/mol. The van der Waals surface area contributed by atoms with Gasteiger partial charge in [0.2, 0.25) is 0 Å². The summed E-state index contributed by atoms with van der Waals surface area (Å²) in [5.41, 5.74) is 5.65. The van der Waals surface area contributed by atoms with Gasteiger partial charge in [0.15, 0.2) is 0 Å². The van der Waals surface area contributed by atoms with Crippen molar-refractivity contribution in [1.82, 2.24) is 4.98 Å². The zero-order chi connectivity index (χ0) is 9.68. The van der Waals surface area contributed by atoms with Gasteiger partial charge in [-0.05, 0) is 22.0 Å². The highest BCUT2D eigenvalue weighted by molar-refractivity contribution is 5.56. The Kier molecular flexibility index (Phi) is 3.15. The fourth-order valence-electron chi connectivity index (χ4n) is 0.887. The molecule has 0 saturated heterocycles. The van der Waals surface area contributed by atoms with Gasteiger partial charge in [-0.1, -0.05) is 0 Å². The van der Waals surface area contributed by atoms with Crippen molar-refractivity contribution in [2.45, 2.75) is 0 Å². The number of anilines is 1. The molecule has 3 N–H and O–H groups in total. The van der Waals surface area contributed by atoms with Crippen molar-refractivity contribution in [2.75, 3.05) is 18.4 Å². The topological polar surface area (TPSA) is 94.1 Å². The first-order valence-electron chi connectivity index (χ1n) is 3.79. The number of nitrogens with two attached hydrogens (primary N) is 1. The van der Waals surface area contributed by atoms with Crippen LogP contribution in [0.2, 0.25) is 0 Å². The average Bonchev–Trinajstić information content (AvgIpc) is 2.15. The molecule has 1 rings (SSSR count). The molecule has 0 radical (unpaired) electrons. The molecule has 0 atom stereocenters. The van der Waals surface area contributed by atoms with E-state index in [-0.39, 0.29) is 5.82 Å². The largest absolute Gasteiger partial charge is 0.386 e. The van der Waals surface area contributed by atoms with Gasteiger partial charge in [0.1, 0.15) is 11.9 Å². The van der Waals surface area contributed by atoms with Gasteiger partial charge in [0.25, 0.3) is 0 Å². The summed E-state index contributed by atoms with van der Waals surface area (Å²) in [6.07, 6.45) is 1.38. The standard InChI is InChI=1S/C7H10N4O2/c8-3-5-9-6-2-1-4-10-7(6)11(12)13/h1-2,4,9H,3,5,8H2.